The third-order valence-corrected chi connectivity index (χ3v) is 4.29. The van der Waals surface area contributed by atoms with E-state index in [0.29, 0.717) is 5.82 Å². The summed E-state index contributed by atoms with van der Waals surface area (Å²) in [5.74, 6) is 0.572. The van der Waals surface area contributed by atoms with Crippen LogP contribution >= 0.6 is 11.5 Å². The van der Waals surface area contributed by atoms with E-state index in [1.54, 1.807) is 6.20 Å². The molecule has 0 aromatic carbocycles. The van der Waals surface area contributed by atoms with Crippen molar-refractivity contribution in [1.82, 2.24) is 9.36 Å². The number of hydrogen-bond donors (Lipinski definition) is 1. The fraction of sp³-hybridized carbons (Fsp3) is 0.429. The normalized spacial score (nSPS) is 18.2. The van der Waals surface area contributed by atoms with Crippen LogP contribution in [0.1, 0.15) is 13.8 Å². The molecule has 0 unspecified atom stereocenters. The third kappa shape index (κ3) is 2.48. The first kappa shape index (κ1) is 13.3. The van der Waals surface area contributed by atoms with Crippen LogP contribution < -0.4 is 10.6 Å². The molecule has 1 aliphatic rings. The first-order valence-corrected chi connectivity index (χ1v) is 7.39. The van der Waals surface area contributed by atoms with Crippen LogP contribution in [-0.2, 0) is 4.74 Å². The number of rotatable bonds is 2. The number of pyridine rings is 1. The minimum absolute atomic E-state index is 0.150. The van der Waals surface area contributed by atoms with Crippen molar-refractivity contribution in [1.29, 1.82) is 0 Å². The smallest absolute Gasteiger partial charge is 0.147 e. The van der Waals surface area contributed by atoms with Crippen molar-refractivity contribution in [3.63, 3.8) is 0 Å². The number of ether oxygens (including phenoxy) is 1. The second kappa shape index (κ2) is 5.03. The summed E-state index contributed by atoms with van der Waals surface area (Å²) in [6, 6.07) is 3.93. The Balaban J connectivity index is 1.99. The van der Waals surface area contributed by atoms with E-state index in [1.165, 1.54) is 11.5 Å². The number of aromatic nitrogens is 2. The molecule has 2 N–H and O–H groups in total. The Kier molecular flexibility index (Phi) is 3.35. The van der Waals surface area contributed by atoms with Crippen molar-refractivity contribution < 1.29 is 4.74 Å². The number of morpholine rings is 1. The van der Waals surface area contributed by atoms with Gasteiger partial charge < -0.3 is 15.4 Å². The second-order valence-corrected chi connectivity index (χ2v) is 6.27. The summed E-state index contributed by atoms with van der Waals surface area (Å²) in [4.78, 5) is 6.48. The van der Waals surface area contributed by atoms with Gasteiger partial charge in [-0.2, -0.15) is 4.37 Å². The number of nitrogen functional groups attached to an aromatic ring is 1. The van der Waals surface area contributed by atoms with E-state index in [2.05, 4.69) is 28.1 Å². The average molecular weight is 290 g/mol. The van der Waals surface area contributed by atoms with Gasteiger partial charge in [-0.05, 0) is 31.4 Å². The zero-order valence-electron chi connectivity index (χ0n) is 11.7. The predicted octanol–water partition coefficient (Wildman–Crippen LogP) is 2.40. The third-order valence-electron chi connectivity index (χ3n) is 3.36. The highest BCUT2D eigenvalue weighted by Gasteiger charge is 2.30. The Morgan fingerprint density at radius 1 is 1.45 bits per heavy atom. The minimum atomic E-state index is -0.150. The summed E-state index contributed by atoms with van der Waals surface area (Å²) in [5.41, 5.74) is 7.91. The number of nitrogens with zero attached hydrogens (tertiary/aromatic N) is 3. The summed E-state index contributed by atoms with van der Waals surface area (Å²) in [6.45, 7) is 6.62. The number of anilines is 2. The number of nitrogens with two attached hydrogens (primary N) is 1. The van der Waals surface area contributed by atoms with E-state index in [4.69, 9.17) is 10.5 Å². The quantitative estimate of drug-likeness (QED) is 0.920. The van der Waals surface area contributed by atoms with Gasteiger partial charge in [0.1, 0.15) is 10.8 Å². The highest BCUT2D eigenvalue weighted by atomic mass is 32.1. The molecular weight excluding hydrogens is 272 g/mol. The Bertz CT molecular complexity index is 596. The summed E-state index contributed by atoms with van der Waals surface area (Å²) >= 11 is 1.45. The Hall–Kier alpha value is -1.66. The lowest BCUT2D eigenvalue weighted by atomic mass is 10.1. The van der Waals surface area contributed by atoms with Gasteiger partial charge in [0.25, 0.3) is 0 Å². The van der Waals surface area contributed by atoms with Gasteiger partial charge in [-0.25, -0.2) is 0 Å². The molecule has 6 heteroatoms. The van der Waals surface area contributed by atoms with Gasteiger partial charge in [0.05, 0.1) is 17.8 Å². The molecule has 2 aromatic rings. The molecule has 3 heterocycles. The molecule has 0 spiro atoms. The first-order valence-electron chi connectivity index (χ1n) is 6.61. The molecule has 0 radical (unpaired) electrons. The highest BCUT2D eigenvalue weighted by Crippen LogP contribution is 2.40. The van der Waals surface area contributed by atoms with Crippen LogP contribution in [0.2, 0.25) is 0 Å². The molecule has 0 atom stereocenters. The van der Waals surface area contributed by atoms with Crippen molar-refractivity contribution >= 4 is 22.4 Å². The van der Waals surface area contributed by atoms with Crippen LogP contribution in [0.3, 0.4) is 0 Å². The van der Waals surface area contributed by atoms with Gasteiger partial charge >= 0.3 is 0 Å². The van der Waals surface area contributed by atoms with Gasteiger partial charge in [-0.1, -0.05) is 6.07 Å². The number of hydrogen-bond acceptors (Lipinski definition) is 6. The molecule has 0 aliphatic carbocycles. The van der Waals surface area contributed by atoms with Crippen LogP contribution in [0.4, 0.5) is 10.8 Å². The molecule has 1 aliphatic heterocycles. The van der Waals surface area contributed by atoms with Crippen LogP contribution in [0.15, 0.2) is 24.5 Å². The fourth-order valence-electron chi connectivity index (χ4n) is 2.48. The lowest BCUT2D eigenvalue weighted by Gasteiger charge is -2.38. The molecule has 0 amide bonds. The van der Waals surface area contributed by atoms with E-state index >= 15 is 0 Å². The SMILES string of the molecule is CC1(C)CN(c2snc(N)c2-c2cccnc2)CCO1. The minimum Gasteiger partial charge on any atom is -0.382 e. The lowest BCUT2D eigenvalue weighted by Crippen LogP contribution is -2.48. The van der Waals surface area contributed by atoms with Crippen LogP contribution in [0.25, 0.3) is 11.1 Å². The van der Waals surface area contributed by atoms with E-state index < -0.39 is 0 Å². The molecule has 20 heavy (non-hydrogen) atoms. The molecule has 106 valence electrons. The Morgan fingerprint density at radius 2 is 2.30 bits per heavy atom. The topological polar surface area (TPSA) is 64.3 Å². The molecule has 2 aromatic heterocycles. The van der Waals surface area contributed by atoms with Crippen molar-refractivity contribution in [2.24, 2.45) is 0 Å². The zero-order valence-corrected chi connectivity index (χ0v) is 12.5. The summed E-state index contributed by atoms with van der Waals surface area (Å²) < 4.78 is 10.1. The van der Waals surface area contributed by atoms with E-state index in [1.807, 2.05) is 18.3 Å². The molecule has 0 bridgehead atoms. The first-order chi connectivity index (χ1) is 9.57. The monoisotopic (exact) mass is 290 g/mol. The molecular formula is C14H18N4OS. The zero-order chi connectivity index (χ0) is 14.2. The maximum absolute atomic E-state index is 6.06. The summed E-state index contributed by atoms with van der Waals surface area (Å²) in [7, 11) is 0. The molecule has 1 saturated heterocycles. The van der Waals surface area contributed by atoms with Gasteiger partial charge in [0, 0.05) is 31.0 Å². The lowest BCUT2D eigenvalue weighted by molar-refractivity contribution is -0.0274. The summed E-state index contributed by atoms with van der Waals surface area (Å²) in [5, 5.41) is 1.10. The van der Waals surface area contributed by atoms with Crippen molar-refractivity contribution in [3.8, 4) is 11.1 Å². The van der Waals surface area contributed by atoms with Gasteiger partial charge in [0.15, 0.2) is 0 Å². The van der Waals surface area contributed by atoms with E-state index in [-0.39, 0.29) is 5.60 Å². The van der Waals surface area contributed by atoms with E-state index in [9.17, 15) is 0 Å². The van der Waals surface area contributed by atoms with Crippen LogP contribution in [-0.4, -0.2) is 34.7 Å². The Morgan fingerprint density at radius 3 is 3.00 bits per heavy atom. The maximum Gasteiger partial charge on any atom is 0.147 e. The molecule has 3 rings (SSSR count). The van der Waals surface area contributed by atoms with Gasteiger partial charge in [-0.15, -0.1) is 0 Å². The van der Waals surface area contributed by atoms with Gasteiger partial charge in [0.2, 0.25) is 0 Å². The summed E-state index contributed by atoms with van der Waals surface area (Å²) in [6.07, 6.45) is 3.59. The van der Waals surface area contributed by atoms with Crippen LogP contribution in [0.5, 0.6) is 0 Å². The highest BCUT2D eigenvalue weighted by molar-refractivity contribution is 7.11. The van der Waals surface area contributed by atoms with Gasteiger partial charge in [-0.3, -0.25) is 4.98 Å². The largest absolute Gasteiger partial charge is 0.382 e. The molecule has 1 fully saturated rings. The fourth-order valence-corrected chi connectivity index (χ4v) is 3.34. The molecule has 5 nitrogen and oxygen atoms in total. The van der Waals surface area contributed by atoms with Crippen molar-refractivity contribution in [2.45, 2.75) is 19.4 Å². The van der Waals surface area contributed by atoms with Crippen molar-refractivity contribution in [3.05, 3.63) is 24.5 Å². The average Bonchev–Trinajstić information content (AvgIpc) is 2.80. The maximum atomic E-state index is 6.06. The predicted molar refractivity (Wildman–Crippen MR) is 82.0 cm³/mol. The molecule has 0 saturated carbocycles. The second-order valence-electron chi connectivity index (χ2n) is 5.52. The Labute approximate surface area is 122 Å². The van der Waals surface area contributed by atoms with E-state index in [0.717, 1.165) is 35.8 Å². The van der Waals surface area contributed by atoms with Crippen molar-refractivity contribution in [2.75, 3.05) is 30.3 Å². The standard InChI is InChI=1S/C14H18N4OS/c1-14(2)9-18(6-7-19-14)13-11(12(15)17-20-13)10-4-3-5-16-8-10/h3-5,8H,6-7,9H2,1-2H3,(H2,15,17). The van der Waals surface area contributed by atoms with Crippen LogP contribution in [0, 0.1) is 0 Å².